The zero-order chi connectivity index (χ0) is 27.6. The van der Waals surface area contributed by atoms with E-state index in [1.807, 2.05) is 12.4 Å². The van der Waals surface area contributed by atoms with Crippen molar-refractivity contribution in [1.29, 1.82) is 0 Å². The van der Waals surface area contributed by atoms with Gasteiger partial charge in [-0.3, -0.25) is 0 Å². The highest BCUT2D eigenvalue weighted by Crippen LogP contribution is 2.22. The van der Waals surface area contributed by atoms with Gasteiger partial charge >= 0.3 is 5.91 Å². The fraction of sp³-hybridized carbons (Fsp3) is 0.886. The molecule has 0 aliphatic carbocycles. The largest absolute Gasteiger partial charge is 0.324 e. The molecule has 3 heteroatoms. The highest BCUT2D eigenvalue weighted by Gasteiger charge is 2.37. The van der Waals surface area contributed by atoms with Gasteiger partial charge in [0, 0.05) is 6.42 Å². The lowest BCUT2D eigenvalue weighted by Gasteiger charge is -2.25. The zero-order valence-corrected chi connectivity index (χ0v) is 26.3. The lowest BCUT2D eigenvalue weighted by atomic mass is 10.0. The molecule has 1 rings (SSSR count). The van der Waals surface area contributed by atoms with Crippen molar-refractivity contribution >= 4 is 11.7 Å². The summed E-state index contributed by atoms with van der Waals surface area (Å²) in [7, 11) is 2.05. The molecule has 3 nitrogen and oxygen atoms in total. The SMILES string of the molecule is CCCCCCCCCCCCCCCCC1=NC=C[N+]1(C)C(=O)CCCCCCCCCCCCCC. The van der Waals surface area contributed by atoms with E-state index in [2.05, 4.69) is 25.9 Å². The first kappa shape index (κ1) is 35.1. The number of carbonyl (C=O) groups is 1. The van der Waals surface area contributed by atoms with Crippen molar-refractivity contribution in [3.8, 4) is 0 Å². The van der Waals surface area contributed by atoms with E-state index in [-0.39, 0.29) is 0 Å². The van der Waals surface area contributed by atoms with Crippen LogP contribution < -0.4 is 0 Å². The number of rotatable bonds is 28. The number of unbranched alkanes of at least 4 members (excludes halogenated alkanes) is 24. The Kier molecular flexibility index (Phi) is 23.1. The van der Waals surface area contributed by atoms with Gasteiger partial charge in [-0.25, -0.2) is 9.79 Å². The molecule has 0 saturated heterocycles. The van der Waals surface area contributed by atoms with Gasteiger partial charge in [0.15, 0.2) is 0 Å². The Bertz CT molecular complexity index is 611. The third-order valence-electron chi connectivity index (χ3n) is 8.64. The Morgan fingerprint density at radius 3 is 1.29 bits per heavy atom. The van der Waals surface area contributed by atoms with Gasteiger partial charge in [0.1, 0.15) is 6.20 Å². The van der Waals surface area contributed by atoms with Crippen LogP contribution in [0.4, 0.5) is 0 Å². The van der Waals surface area contributed by atoms with E-state index in [0.717, 1.165) is 25.1 Å². The molecule has 1 aliphatic rings. The monoisotopic (exact) mass is 532 g/mol. The molecule has 0 aromatic rings. The van der Waals surface area contributed by atoms with Crippen LogP contribution in [0.15, 0.2) is 17.4 Å². The smallest absolute Gasteiger partial charge is 0.230 e. The molecular weight excluding hydrogens is 464 g/mol. The van der Waals surface area contributed by atoms with Crippen LogP contribution in [0.2, 0.25) is 0 Å². The van der Waals surface area contributed by atoms with Crippen molar-refractivity contribution in [2.45, 2.75) is 194 Å². The Morgan fingerprint density at radius 1 is 0.553 bits per heavy atom. The molecule has 0 N–H and O–H groups in total. The first-order valence-corrected chi connectivity index (χ1v) is 17.3. The highest BCUT2D eigenvalue weighted by atomic mass is 16.2. The summed E-state index contributed by atoms with van der Waals surface area (Å²) < 4.78 is 0.330. The fourth-order valence-corrected chi connectivity index (χ4v) is 5.81. The first-order chi connectivity index (χ1) is 18.6. The van der Waals surface area contributed by atoms with Crippen LogP contribution in [0, 0.1) is 0 Å². The van der Waals surface area contributed by atoms with E-state index < -0.39 is 0 Å². The minimum Gasteiger partial charge on any atom is -0.230 e. The lowest BCUT2D eigenvalue weighted by molar-refractivity contribution is -0.683. The second-order valence-electron chi connectivity index (χ2n) is 12.3. The molecule has 0 aromatic heterocycles. The molecule has 0 radical (unpaired) electrons. The van der Waals surface area contributed by atoms with Crippen molar-refractivity contribution < 1.29 is 9.28 Å². The number of carbonyl (C=O) groups excluding carboxylic acids is 1. The normalized spacial score (nSPS) is 16.9. The molecule has 0 saturated carbocycles. The predicted octanol–water partition coefficient (Wildman–Crippen LogP) is 11.8. The van der Waals surface area contributed by atoms with Crippen LogP contribution in [-0.4, -0.2) is 23.3 Å². The van der Waals surface area contributed by atoms with Gasteiger partial charge in [-0.2, -0.15) is 4.48 Å². The predicted molar refractivity (Wildman–Crippen MR) is 168 cm³/mol. The van der Waals surface area contributed by atoms with Crippen molar-refractivity contribution in [2.24, 2.45) is 4.99 Å². The molecule has 38 heavy (non-hydrogen) atoms. The Balaban J connectivity index is 1.99. The quantitative estimate of drug-likeness (QED) is 0.0729. The van der Waals surface area contributed by atoms with Gasteiger partial charge in [0.25, 0.3) is 0 Å². The number of hydrogen-bond donors (Lipinski definition) is 0. The first-order valence-electron chi connectivity index (χ1n) is 17.3. The summed E-state index contributed by atoms with van der Waals surface area (Å²) in [6.45, 7) is 4.57. The van der Waals surface area contributed by atoms with Crippen molar-refractivity contribution in [1.82, 2.24) is 0 Å². The van der Waals surface area contributed by atoms with E-state index in [0.29, 0.717) is 16.8 Å². The lowest BCUT2D eigenvalue weighted by Crippen LogP contribution is -2.47. The fourth-order valence-electron chi connectivity index (χ4n) is 5.81. The third-order valence-corrected chi connectivity index (χ3v) is 8.64. The van der Waals surface area contributed by atoms with Crippen LogP contribution in [0.25, 0.3) is 0 Å². The molecule has 0 bridgehead atoms. The Morgan fingerprint density at radius 2 is 0.895 bits per heavy atom. The number of nitrogens with zero attached hydrogens (tertiary/aromatic N) is 2. The Hall–Kier alpha value is -0.960. The second-order valence-corrected chi connectivity index (χ2v) is 12.3. The van der Waals surface area contributed by atoms with Gasteiger partial charge in [0.2, 0.25) is 5.84 Å². The maximum atomic E-state index is 13.0. The molecule has 0 fully saturated rings. The topological polar surface area (TPSA) is 29.4 Å². The molecule has 1 heterocycles. The average Bonchev–Trinajstić information content (AvgIpc) is 3.30. The number of amides is 1. The molecule has 1 atom stereocenters. The number of amidine groups is 1. The van der Waals surface area contributed by atoms with Gasteiger partial charge in [-0.15, -0.1) is 0 Å². The molecular formula is C35H67N2O+. The van der Waals surface area contributed by atoms with Gasteiger partial charge in [-0.1, -0.05) is 168 Å². The van der Waals surface area contributed by atoms with Gasteiger partial charge < -0.3 is 0 Å². The number of quaternary nitrogens is 1. The van der Waals surface area contributed by atoms with Crippen LogP contribution in [0.1, 0.15) is 194 Å². The van der Waals surface area contributed by atoms with E-state index >= 15 is 0 Å². The zero-order valence-electron chi connectivity index (χ0n) is 26.3. The van der Waals surface area contributed by atoms with Gasteiger partial charge in [0.05, 0.1) is 19.7 Å². The number of hydrogen-bond acceptors (Lipinski definition) is 2. The molecule has 1 unspecified atom stereocenters. The van der Waals surface area contributed by atoms with E-state index in [1.54, 1.807) is 0 Å². The maximum Gasteiger partial charge on any atom is 0.324 e. The van der Waals surface area contributed by atoms with E-state index in [1.165, 1.54) is 154 Å². The summed E-state index contributed by atoms with van der Waals surface area (Å²) in [6, 6.07) is 0. The minimum atomic E-state index is 0.329. The van der Waals surface area contributed by atoms with Gasteiger partial charge in [-0.05, 0) is 12.8 Å². The molecule has 1 aliphatic heterocycles. The van der Waals surface area contributed by atoms with Crippen molar-refractivity contribution in [2.75, 3.05) is 7.05 Å². The molecule has 0 spiro atoms. The number of aliphatic imine (C=N–C) groups is 1. The average molecular weight is 532 g/mol. The molecule has 222 valence electrons. The summed E-state index contributed by atoms with van der Waals surface area (Å²) in [5.74, 6) is 1.39. The standard InChI is InChI=1S/C35H67N2O/c1-4-6-8-10-12-14-16-18-19-20-22-24-26-28-30-34-36-32-33-37(34,3)35(38)31-29-27-25-23-21-17-15-13-11-9-7-5-2/h32-33H,4-31H2,1-3H3/q+1. The maximum absolute atomic E-state index is 13.0. The van der Waals surface area contributed by atoms with Crippen LogP contribution >= 0.6 is 0 Å². The van der Waals surface area contributed by atoms with Crippen LogP contribution in [0.3, 0.4) is 0 Å². The van der Waals surface area contributed by atoms with Crippen molar-refractivity contribution in [3.05, 3.63) is 12.4 Å². The van der Waals surface area contributed by atoms with Crippen LogP contribution in [-0.2, 0) is 4.79 Å². The second kappa shape index (κ2) is 25.0. The summed E-state index contributed by atoms with van der Waals surface area (Å²) in [6.07, 6.45) is 40.8. The summed E-state index contributed by atoms with van der Waals surface area (Å²) in [5.41, 5.74) is 0. The van der Waals surface area contributed by atoms with Crippen molar-refractivity contribution in [3.63, 3.8) is 0 Å². The minimum absolute atomic E-state index is 0.329. The van der Waals surface area contributed by atoms with Crippen LogP contribution in [0.5, 0.6) is 0 Å². The molecule has 1 amide bonds. The Labute approximate surface area is 238 Å². The highest BCUT2D eigenvalue weighted by molar-refractivity contribution is 5.90. The van der Waals surface area contributed by atoms with E-state index in [9.17, 15) is 4.79 Å². The summed E-state index contributed by atoms with van der Waals surface area (Å²) in [5, 5.41) is 0. The molecule has 0 aromatic carbocycles. The van der Waals surface area contributed by atoms with E-state index in [4.69, 9.17) is 0 Å². The summed E-state index contributed by atoms with van der Waals surface area (Å²) >= 11 is 0. The third kappa shape index (κ3) is 17.6. The summed E-state index contributed by atoms with van der Waals surface area (Å²) in [4.78, 5) is 17.7.